The van der Waals surface area contributed by atoms with Crippen LogP contribution in [0.25, 0.3) is 11.5 Å². The van der Waals surface area contributed by atoms with Gasteiger partial charge in [-0.15, -0.1) is 0 Å². The first-order valence-corrected chi connectivity index (χ1v) is 8.04. The minimum Gasteiger partial charge on any atom is -0.444 e. The second kappa shape index (κ2) is 7.42. The van der Waals surface area contributed by atoms with Crippen LogP contribution in [0.3, 0.4) is 0 Å². The molecule has 2 aromatic rings. The van der Waals surface area contributed by atoms with Crippen molar-refractivity contribution >= 4 is 5.91 Å². The molecule has 5 heteroatoms. The number of nitrogens with one attached hydrogen (secondary N) is 1. The Balaban J connectivity index is 2.02. The van der Waals surface area contributed by atoms with Crippen molar-refractivity contribution in [1.29, 1.82) is 0 Å². The van der Waals surface area contributed by atoms with Gasteiger partial charge in [0.05, 0.1) is 17.7 Å². The van der Waals surface area contributed by atoms with Crippen LogP contribution in [-0.4, -0.2) is 17.4 Å². The van der Waals surface area contributed by atoms with E-state index in [0.717, 1.165) is 18.4 Å². The smallest absolute Gasteiger partial charge is 0.227 e. The van der Waals surface area contributed by atoms with E-state index in [2.05, 4.69) is 10.3 Å². The van der Waals surface area contributed by atoms with Gasteiger partial charge in [-0.1, -0.05) is 31.5 Å². The van der Waals surface area contributed by atoms with Gasteiger partial charge in [-0.05, 0) is 31.9 Å². The highest BCUT2D eigenvalue weighted by Gasteiger charge is 2.33. The Hall–Kier alpha value is -2.14. The minimum absolute atomic E-state index is 0.0233. The predicted molar refractivity (Wildman–Crippen MR) is 90.6 cm³/mol. The average molecular weight is 315 g/mol. The molecule has 0 radical (unpaired) electrons. The van der Waals surface area contributed by atoms with E-state index in [1.54, 1.807) is 6.26 Å². The number of hydrogen-bond donors (Lipinski definition) is 2. The molecule has 0 bridgehead atoms. The van der Waals surface area contributed by atoms with Crippen molar-refractivity contribution in [3.8, 4) is 11.5 Å². The summed E-state index contributed by atoms with van der Waals surface area (Å²) in [5.41, 5.74) is 8.11. The van der Waals surface area contributed by atoms with Crippen LogP contribution < -0.4 is 11.1 Å². The van der Waals surface area contributed by atoms with E-state index >= 15 is 0 Å². The Morgan fingerprint density at radius 3 is 2.48 bits per heavy atom. The molecule has 1 aromatic carbocycles. The molecule has 0 unspecified atom stereocenters. The number of oxazole rings is 1. The maximum Gasteiger partial charge on any atom is 0.227 e. The lowest BCUT2D eigenvalue weighted by Gasteiger charge is -2.28. The van der Waals surface area contributed by atoms with Crippen LogP contribution in [0.5, 0.6) is 0 Å². The predicted octanol–water partition coefficient (Wildman–Crippen LogP) is 3.03. The fourth-order valence-corrected chi connectivity index (χ4v) is 2.53. The fraction of sp³-hybridized carbons (Fsp3) is 0.444. The van der Waals surface area contributed by atoms with Crippen molar-refractivity contribution < 1.29 is 9.21 Å². The van der Waals surface area contributed by atoms with Gasteiger partial charge in [0.25, 0.3) is 0 Å². The summed E-state index contributed by atoms with van der Waals surface area (Å²) in [6, 6.07) is 7.96. The number of nitrogens with zero attached hydrogens (tertiary/aromatic N) is 1. The molecule has 0 aliphatic rings. The molecular weight excluding hydrogens is 290 g/mol. The summed E-state index contributed by atoms with van der Waals surface area (Å²) in [6.45, 7) is 6.70. The van der Waals surface area contributed by atoms with E-state index in [4.69, 9.17) is 10.2 Å². The zero-order valence-corrected chi connectivity index (χ0v) is 14.1. The molecule has 0 saturated carbocycles. The second-order valence-corrected chi connectivity index (χ2v) is 5.88. The number of benzene rings is 1. The van der Waals surface area contributed by atoms with Gasteiger partial charge in [-0.3, -0.25) is 4.79 Å². The SMILES string of the molecule is CCC(CC)(CN)C(=O)NCc1coc(-c2ccc(C)cc2)n1. The van der Waals surface area contributed by atoms with Gasteiger partial charge in [-0.2, -0.15) is 0 Å². The maximum absolute atomic E-state index is 12.4. The molecule has 2 rings (SSSR count). The van der Waals surface area contributed by atoms with E-state index < -0.39 is 5.41 Å². The van der Waals surface area contributed by atoms with Crippen molar-refractivity contribution in [3.63, 3.8) is 0 Å². The number of hydrogen-bond acceptors (Lipinski definition) is 4. The highest BCUT2D eigenvalue weighted by molar-refractivity contribution is 5.82. The topological polar surface area (TPSA) is 81.2 Å². The van der Waals surface area contributed by atoms with Gasteiger partial charge < -0.3 is 15.5 Å². The molecule has 0 spiro atoms. The van der Waals surface area contributed by atoms with Gasteiger partial charge >= 0.3 is 0 Å². The van der Waals surface area contributed by atoms with Crippen LogP contribution in [0, 0.1) is 12.3 Å². The number of carbonyl (C=O) groups is 1. The number of aryl methyl sites for hydroxylation is 1. The minimum atomic E-state index is -0.497. The van der Waals surface area contributed by atoms with E-state index in [0.29, 0.717) is 24.7 Å². The van der Waals surface area contributed by atoms with E-state index in [1.165, 1.54) is 5.56 Å². The lowest BCUT2D eigenvalue weighted by molar-refractivity contribution is -0.131. The molecule has 0 aliphatic carbocycles. The number of amides is 1. The molecule has 5 nitrogen and oxygen atoms in total. The molecule has 0 atom stereocenters. The Bertz CT molecular complexity index is 634. The van der Waals surface area contributed by atoms with Gasteiger partial charge in [-0.25, -0.2) is 4.98 Å². The van der Waals surface area contributed by atoms with Crippen LogP contribution >= 0.6 is 0 Å². The molecule has 3 N–H and O–H groups in total. The normalized spacial score (nSPS) is 11.5. The van der Waals surface area contributed by atoms with Gasteiger partial charge in [0.15, 0.2) is 0 Å². The van der Waals surface area contributed by atoms with Crippen molar-refractivity contribution in [2.24, 2.45) is 11.1 Å². The zero-order chi connectivity index (χ0) is 16.9. The average Bonchev–Trinajstić information content (AvgIpc) is 3.04. The third-order valence-electron chi connectivity index (χ3n) is 4.51. The first kappa shape index (κ1) is 17.2. The Morgan fingerprint density at radius 2 is 1.91 bits per heavy atom. The standard InChI is InChI=1S/C18H25N3O2/c1-4-18(5-2,12-19)17(22)20-10-15-11-23-16(21-15)14-8-6-13(3)7-9-14/h6-9,11H,4-5,10,12,19H2,1-3H3,(H,20,22). The molecule has 0 fully saturated rings. The van der Waals surface area contributed by atoms with Crippen molar-refractivity contribution in [3.05, 3.63) is 41.8 Å². The molecular formula is C18H25N3O2. The second-order valence-electron chi connectivity index (χ2n) is 5.88. The van der Waals surface area contributed by atoms with Crippen molar-refractivity contribution in [1.82, 2.24) is 10.3 Å². The van der Waals surface area contributed by atoms with Crippen LogP contribution in [0.15, 0.2) is 34.9 Å². The number of aromatic nitrogens is 1. The molecule has 124 valence electrons. The summed E-state index contributed by atoms with van der Waals surface area (Å²) in [4.78, 5) is 16.8. The zero-order valence-electron chi connectivity index (χ0n) is 14.1. The van der Waals surface area contributed by atoms with Crippen LogP contribution in [-0.2, 0) is 11.3 Å². The quantitative estimate of drug-likeness (QED) is 0.823. The Morgan fingerprint density at radius 1 is 1.26 bits per heavy atom. The van der Waals surface area contributed by atoms with Crippen LogP contribution in [0.1, 0.15) is 37.9 Å². The van der Waals surface area contributed by atoms with Gasteiger partial charge in [0, 0.05) is 12.1 Å². The van der Waals surface area contributed by atoms with E-state index in [9.17, 15) is 4.79 Å². The van der Waals surface area contributed by atoms with Crippen LogP contribution in [0.4, 0.5) is 0 Å². The van der Waals surface area contributed by atoms with Crippen molar-refractivity contribution in [2.45, 2.75) is 40.2 Å². The molecule has 1 amide bonds. The third kappa shape index (κ3) is 3.79. The van der Waals surface area contributed by atoms with E-state index in [-0.39, 0.29) is 5.91 Å². The highest BCUT2D eigenvalue weighted by atomic mass is 16.3. The first-order chi connectivity index (χ1) is 11.0. The summed E-state index contributed by atoms with van der Waals surface area (Å²) in [5, 5.41) is 2.93. The summed E-state index contributed by atoms with van der Waals surface area (Å²) < 4.78 is 5.50. The van der Waals surface area contributed by atoms with Gasteiger partial charge in [0.1, 0.15) is 6.26 Å². The summed E-state index contributed by atoms with van der Waals surface area (Å²) in [6.07, 6.45) is 3.02. The number of nitrogens with two attached hydrogens (primary N) is 1. The fourth-order valence-electron chi connectivity index (χ4n) is 2.53. The molecule has 0 saturated heterocycles. The number of carbonyl (C=O) groups excluding carboxylic acids is 1. The van der Waals surface area contributed by atoms with Crippen molar-refractivity contribution in [2.75, 3.05) is 6.54 Å². The lowest BCUT2D eigenvalue weighted by Crippen LogP contribution is -2.45. The summed E-state index contributed by atoms with van der Waals surface area (Å²) in [7, 11) is 0. The van der Waals surface area contributed by atoms with E-state index in [1.807, 2.05) is 45.0 Å². The largest absolute Gasteiger partial charge is 0.444 e. The highest BCUT2D eigenvalue weighted by Crippen LogP contribution is 2.25. The number of rotatable bonds is 7. The third-order valence-corrected chi connectivity index (χ3v) is 4.51. The Labute approximate surface area is 137 Å². The molecule has 0 aliphatic heterocycles. The first-order valence-electron chi connectivity index (χ1n) is 8.04. The van der Waals surface area contributed by atoms with Gasteiger partial charge in [0.2, 0.25) is 11.8 Å². The van der Waals surface area contributed by atoms with Crippen LogP contribution in [0.2, 0.25) is 0 Å². The maximum atomic E-state index is 12.4. The lowest BCUT2D eigenvalue weighted by atomic mass is 9.81. The summed E-state index contributed by atoms with van der Waals surface area (Å²) in [5.74, 6) is 0.537. The molecule has 1 aromatic heterocycles. The Kier molecular flexibility index (Phi) is 5.55. The molecule has 1 heterocycles. The monoisotopic (exact) mass is 315 g/mol. The molecule has 23 heavy (non-hydrogen) atoms. The summed E-state index contributed by atoms with van der Waals surface area (Å²) >= 11 is 0.